The number of anilines is 1. The number of hydrogen-bond donors (Lipinski definition) is 2. The van der Waals surface area contributed by atoms with Gasteiger partial charge in [0, 0.05) is 11.7 Å². The Morgan fingerprint density at radius 1 is 1.29 bits per heavy atom. The Morgan fingerprint density at radius 2 is 1.94 bits per heavy atom. The van der Waals surface area contributed by atoms with Crippen molar-refractivity contribution in [2.45, 2.75) is 32.2 Å². The van der Waals surface area contributed by atoms with E-state index in [0.29, 0.717) is 6.04 Å². The van der Waals surface area contributed by atoms with Crippen molar-refractivity contribution in [1.29, 1.82) is 0 Å². The molecule has 1 aliphatic rings. The zero-order valence-electron chi connectivity index (χ0n) is 9.82. The molecule has 0 spiro atoms. The predicted molar refractivity (Wildman–Crippen MR) is 73.2 cm³/mol. The average Bonchev–Trinajstić information content (AvgIpc) is 2.26. The van der Waals surface area contributed by atoms with Gasteiger partial charge in [0.05, 0.1) is 0 Å². The van der Waals surface area contributed by atoms with Crippen molar-refractivity contribution in [3.63, 3.8) is 0 Å². The van der Waals surface area contributed by atoms with Gasteiger partial charge in [0.2, 0.25) is 0 Å². The Bertz CT molecular complexity index is 424. The number of aryl methyl sites for hydroxylation is 1. The number of thiocarbonyl (C=S) groups is 1. The van der Waals surface area contributed by atoms with Crippen molar-refractivity contribution in [1.82, 2.24) is 5.32 Å². The van der Waals surface area contributed by atoms with Crippen LogP contribution in [0.4, 0.5) is 5.69 Å². The Labute approximate surface area is 107 Å². The molecule has 0 radical (unpaired) electrons. The molecule has 1 aliphatic carbocycles. The van der Waals surface area contributed by atoms with Crippen LogP contribution in [0.5, 0.6) is 0 Å². The van der Waals surface area contributed by atoms with E-state index in [-0.39, 0.29) is 10.9 Å². The van der Waals surface area contributed by atoms with Crippen LogP contribution in [0.1, 0.15) is 24.8 Å². The number of amides is 1. The first kappa shape index (κ1) is 12.0. The van der Waals surface area contributed by atoms with Gasteiger partial charge in [-0.25, -0.2) is 0 Å². The van der Waals surface area contributed by atoms with Gasteiger partial charge in [-0.1, -0.05) is 29.9 Å². The molecule has 1 aromatic carbocycles. The van der Waals surface area contributed by atoms with Gasteiger partial charge in [0.1, 0.15) is 0 Å². The molecule has 1 aromatic rings. The van der Waals surface area contributed by atoms with Gasteiger partial charge < -0.3 is 10.6 Å². The molecule has 1 amide bonds. The fourth-order valence-corrected chi connectivity index (χ4v) is 1.85. The van der Waals surface area contributed by atoms with E-state index in [9.17, 15) is 4.79 Å². The van der Waals surface area contributed by atoms with Gasteiger partial charge in [0.25, 0.3) is 5.91 Å². The summed E-state index contributed by atoms with van der Waals surface area (Å²) in [6.45, 7) is 2.01. The van der Waals surface area contributed by atoms with Crippen LogP contribution in [0.3, 0.4) is 0 Å². The minimum absolute atomic E-state index is 0.226. The summed E-state index contributed by atoms with van der Waals surface area (Å²) >= 11 is 5.05. The normalized spacial score (nSPS) is 14.9. The molecule has 2 N–H and O–H groups in total. The summed E-state index contributed by atoms with van der Waals surface area (Å²) in [6, 6.07) is 8.06. The standard InChI is InChI=1S/C13H16N2OS/c1-9-5-7-11(8-6-9)14-12(16)13(17)15-10-3-2-4-10/h5-8,10H,2-4H2,1H3,(H,14,16)(H,15,17). The molecule has 0 atom stereocenters. The summed E-state index contributed by atoms with van der Waals surface area (Å²) in [5, 5.41) is 5.85. The van der Waals surface area contributed by atoms with Crippen LogP contribution in [0, 0.1) is 6.92 Å². The predicted octanol–water partition coefficient (Wildman–Crippen LogP) is 2.40. The number of rotatable bonds is 2. The molecule has 0 aromatic heterocycles. The number of nitrogens with one attached hydrogen (secondary N) is 2. The molecule has 1 fully saturated rings. The van der Waals surface area contributed by atoms with Crippen LogP contribution < -0.4 is 10.6 Å². The second-order valence-electron chi connectivity index (χ2n) is 4.42. The van der Waals surface area contributed by atoms with Crippen LogP contribution in [-0.2, 0) is 4.79 Å². The molecule has 2 rings (SSSR count). The highest BCUT2D eigenvalue weighted by Crippen LogP contribution is 2.18. The SMILES string of the molecule is Cc1ccc(NC(=O)C(=S)NC2CCC2)cc1. The summed E-state index contributed by atoms with van der Waals surface area (Å²) in [7, 11) is 0. The van der Waals surface area contributed by atoms with Gasteiger partial charge in [-0.2, -0.15) is 0 Å². The summed E-state index contributed by atoms with van der Waals surface area (Å²) in [6.07, 6.45) is 3.44. The summed E-state index contributed by atoms with van der Waals surface area (Å²) < 4.78 is 0. The van der Waals surface area contributed by atoms with Crippen molar-refractivity contribution in [2.75, 3.05) is 5.32 Å². The van der Waals surface area contributed by atoms with E-state index in [0.717, 1.165) is 24.1 Å². The van der Waals surface area contributed by atoms with E-state index in [1.165, 1.54) is 6.42 Å². The Hall–Kier alpha value is -1.42. The molecule has 17 heavy (non-hydrogen) atoms. The number of benzene rings is 1. The highest BCUT2D eigenvalue weighted by Gasteiger charge is 2.20. The zero-order valence-corrected chi connectivity index (χ0v) is 10.6. The van der Waals surface area contributed by atoms with E-state index in [4.69, 9.17) is 12.2 Å². The lowest BCUT2D eigenvalue weighted by Crippen LogP contribution is -2.43. The maximum absolute atomic E-state index is 11.8. The molecule has 0 unspecified atom stereocenters. The van der Waals surface area contributed by atoms with E-state index >= 15 is 0 Å². The molecule has 0 bridgehead atoms. The molecular weight excluding hydrogens is 232 g/mol. The van der Waals surface area contributed by atoms with Crippen molar-refractivity contribution in [3.8, 4) is 0 Å². The van der Waals surface area contributed by atoms with Crippen LogP contribution in [0.25, 0.3) is 0 Å². The van der Waals surface area contributed by atoms with Gasteiger partial charge in [-0.05, 0) is 38.3 Å². The van der Waals surface area contributed by atoms with E-state index in [1.54, 1.807) is 0 Å². The smallest absolute Gasteiger partial charge is 0.283 e. The first-order valence-corrected chi connectivity index (χ1v) is 6.24. The minimum atomic E-state index is -0.226. The highest BCUT2D eigenvalue weighted by atomic mass is 32.1. The summed E-state index contributed by atoms with van der Waals surface area (Å²) in [5.41, 5.74) is 1.94. The zero-order chi connectivity index (χ0) is 12.3. The van der Waals surface area contributed by atoms with E-state index < -0.39 is 0 Å². The number of carbonyl (C=O) groups is 1. The molecule has 1 saturated carbocycles. The van der Waals surface area contributed by atoms with Gasteiger partial charge in [0.15, 0.2) is 4.99 Å². The van der Waals surface area contributed by atoms with Crippen molar-refractivity contribution >= 4 is 28.8 Å². The molecule has 90 valence electrons. The van der Waals surface area contributed by atoms with Crippen molar-refractivity contribution < 1.29 is 4.79 Å². The fraction of sp³-hybridized carbons (Fsp3) is 0.385. The fourth-order valence-electron chi connectivity index (χ4n) is 1.63. The van der Waals surface area contributed by atoms with Crippen LogP contribution in [0.2, 0.25) is 0 Å². The third-order valence-electron chi connectivity index (χ3n) is 2.96. The quantitative estimate of drug-likeness (QED) is 0.790. The summed E-state index contributed by atoms with van der Waals surface area (Å²) in [4.78, 5) is 12.0. The second kappa shape index (κ2) is 5.27. The second-order valence-corrected chi connectivity index (χ2v) is 4.83. The van der Waals surface area contributed by atoms with Gasteiger partial charge in [-0.3, -0.25) is 4.79 Å². The van der Waals surface area contributed by atoms with Crippen LogP contribution >= 0.6 is 12.2 Å². The van der Waals surface area contributed by atoms with Gasteiger partial charge in [-0.15, -0.1) is 0 Å². The van der Waals surface area contributed by atoms with Crippen LogP contribution in [0.15, 0.2) is 24.3 Å². The Balaban J connectivity index is 1.87. The molecule has 0 saturated heterocycles. The number of hydrogen-bond acceptors (Lipinski definition) is 2. The molecule has 4 heteroatoms. The van der Waals surface area contributed by atoms with E-state index in [2.05, 4.69) is 10.6 Å². The Kier molecular flexibility index (Phi) is 3.74. The first-order valence-electron chi connectivity index (χ1n) is 5.83. The average molecular weight is 248 g/mol. The third kappa shape index (κ3) is 3.27. The van der Waals surface area contributed by atoms with Crippen molar-refractivity contribution in [2.24, 2.45) is 0 Å². The lowest BCUT2D eigenvalue weighted by Gasteiger charge is -2.27. The van der Waals surface area contributed by atoms with Gasteiger partial charge >= 0.3 is 0 Å². The maximum atomic E-state index is 11.8. The Morgan fingerprint density at radius 3 is 2.47 bits per heavy atom. The highest BCUT2D eigenvalue weighted by molar-refractivity contribution is 7.82. The molecular formula is C13H16N2OS. The monoisotopic (exact) mass is 248 g/mol. The maximum Gasteiger partial charge on any atom is 0.283 e. The molecule has 0 aliphatic heterocycles. The minimum Gasteiger partial charge on any atom is -0.369 e. The molecule has 3 nitrogen and oxygen atoms in total. The lowest BCUT2D eigenvalue weighted by molar-refractivity contribution is -0.110. The van der Waals surface area contributed by atoms with Crippen LogP contribution in [-0.4, -0.2) is 16.9 Å². The lowest BCUT2D eigenvalue weighted by atomic mass is 9.93. The third-order valence-corrected chi connectivity index (χ3v) is 3.26. The summed E-state index contributed by atoms with van der Waals surface area (Å²) in [5.74, 6) is -0.226. The van der Waals surface area contributed by atoms with E-state index in [1.807, 2.05) is 31.2 Å². The molecule has 0 heterocycles. The topological polar surface area (TPSA) is 41.1 Å². The number of carbonyl (C=O) groups excluding carboxylic acids is 1. The van der Waals surface area contributed by atoms with Crippen molar-refractivity contribution in [3.05, 3.63) is 29.8 Å². The first-order chi connectivity index (χ1) is 8.15. The largest absolute Gasteiger partial charge is 0.369 e.